The maximum atomic E-state index is 13.9. The van der Waals surface area contributed by atoms with Crippen molar-refractivity contribution in [2.24, 2.45) is 7.05 Å². The van der Waals surface area contributed by atoms with Gasteiger partial charge in [-0.05, 0) is 24.6 Å². The molecule has 0 aliphatic heterocycles. The van der Waals surface area contributed by atoms with Crippen molar-refractivity contribution in [2.75, 3.05) is 0 Å². The Morgan fingerprint density at radius 3 is 2.49 bits per heavy atom. The van der Waals surface area contributed by atoms with Gasteiger partial charge in [-0.3, -0.25) is 14.3 Å². The van der Waals surface area contributed by atoms with E-state index in [2.05, 4.69) is 4.98 Å². The normalized spacial score (nSPS) is 11.6. The average Bonchev–Trinajstić information content (AvgIpc) is 3.53. The van der Waals surface area contributed by atoms with Gasteiger partial charge < -0.3 is 9.13 Å². The molecular weight excluding hydrogens is 460 g/mol. The number of aryl methyl sites for hydroxylation is 2. The third-order valence-corrected chi connectivity index (χ3v) is 7.20. The Kier molecular flexibility index (Phi) is 5.00. The summed E-state index contributed by atoms with van der Waals surface area (Å²) >= 11 is 1.46. The van der Waals surface area contributed by atoms with E-state index < -0.39 is 0 Å². The first-order valence-electron chi connectivity index (χ1n) is 11.2. The second kappa shape index (κ2) is 8.21. The largest absolute Gasteiger partial charge is 0.340 e. The van der Waals surface area contributed by atoms with Crippen molar-refractivity contribution in [2.45, 2.75) is 20.0 Å². The van der Waals surface area contributed by atoms with Crippen LogP contribution < -0.4 is 11.1 Å². The van der Waals surface area contributed by atoms with Crippen LogP contribution >= 0.6 is 11.3 Å². The smallest absolute Gasteiger partial charge is 0.283 e. The van der Waals surface area contributed by atoms with Crippen LogP contribution in [0.15, 0.2) is 82.8 Å². The molecule has 0 saturated heterocycles. The van der Waals surface area contributed by atoms with Crippen LogP contribution in [0.4, 0.5) is 0 Å². The van der Waals surface area contributed by atoms with Gasteiger partial charge in [0.1, 0.15) is 0 Å². The monoisotopic (exact) mass is 482 g/mol. The number of pyridine rings is 1. The molecule has 0 spiro atoms. The number of hydrogen-bond acceptors (Lipinski definition) is 5. The fourth-order valence-electron chi connectivity index (χ4n) is 4.50. The van der Waals surface area contributed by atoms with Crippen LogP contribution in [0.5, 0.6) is 0 Å². The summed E-state index contributed by atoms with van der Waals surface area (Å²) in [4.78, 5) is 36.3. The van der Waals surface area contributed by atoms with Gasteiger partial charge in [0.25, 0.3) is 11.1 Å². The third kappa shape index (κ3) is 3.60. The number of benzene rings is 2. The summed E-state index contributed by atoms with van der Waals surface area (Å²) in [6, 6.07) is 19.3. The molecule has 0 fully saturated rings. The molecule has 4 aromatic heterocycles. The number of aromatic nitrogens is 6. The van der Waals surface area contributed by atoms with E-state index in [1.165, 1.54) is 11.3 Å². The Hall–Kier alpha value is -4.24. The van der Waals surface area contributed by atoms with Crippen LogP contribution in [-0.4, -0.2) is 28.5 Å². The molecular formula is C26H22N6O2S. The molecule has 0 aliphatic rings. The summed E-state index contributed by atoms with van der Waals surface area (Å²) in [5.41, 5.74) is 3.46. The topological polar surface area (TPSA) is 79.6 Å². The fraction of sp³-hybridized carbons (Fsp3) is 0.154. The molecule has 8 nitrogen and oxygen atoms in total. The number of imidazole rings is 1. The third-order valence-electron chi connectivity index (χ3n) is 6.19. The van der Waals surface area contributed by atoms with E-state index in [0.717, 1.165) is 21.5 Å². The highest BCUT2D eigenvalue weighted by atomic mass is 32.1. The van der Waals surface area contributed by atoms with Gasteiger partial charge in [0, 0.05) is 25.0 Å². The van der Waals surface area contributed by atoms with Crippen molar-refractivity contribution < 1.29 is 0 Å². The van der Waals surface area contributed by atoms with Gasteiger partial charge in [0.05, 0.1) is 46.2 Å². The molecule has 0 radical (unpaired) electrons. The van der Waals surface area contributed by atoms with Gasteiger partial charge >= 0.3 is 0 Å². The molecule has 6 rings (SSSR count). The lowest BCUT2D eigenvalue weighted by Crippen LogP contribution is -2.24. The molecule has 174 valence electrons. The van der Waals surface area contributed by atoms with Crippen LogP contribution in [-0.2, 0) is 20.1 Å². The molecule has 4 heterocycles. The average molecular weight is 483 g/mol. The van der Waals surface area contributed by atoms with E-state index in [0.29, 0.717) is 34.8 Å². The zero-order chi connectivity index (χ0) is 24.1. The summed E-state index contributed by atoms with van der Waals surface area (Å²) < 4.78 is 7.92. The van der Waals surface area contributed by atoms with Gasteiger partial charge in [-0.2, -0.15) is 4.68 Å². The van der Waals surface area contributed by atoms with E-state index in [1.54, 1.807) is 21.6 Å². The predicted molar refractivity (Wildman–Crippen MR) is 138 cm³/mol. The Balaban J connectivity index is 1.62. The van der Waals surface area contributed by atoms with Gasteiger partial charge in [-0.25, -0.2) is 9.97 Å². The number of hydrogen-bond donors (Lipinski definition) is 0. The Morgan fingerprint density at radius 2 is 1.74 bits per heavy atom. The molecule has 0 atom stereocenters. The molecule has 0 bridgehead atoms. The second-order valence-electron chi connectivity index (χ2n) is 8.57. The molecule has 35 heavy (non-hydrogen) atoms. The summed E-state index contributed by atoms with van der Waals surface area (Å²) in [7, 11) is 1.88. The van der Waals surface area contributed by atoms with Gasteiger partial charge in [-0.1, -0.05) is 53.8 Å². The number of thiazole rings is 1. The molecule has 2 aromatic carbocycles. The SMILES string of the molecule is Cc1c2c(=O)n(-c3nc4ccccc4s3)n(Cc3ccccc3)c2cc(=O)n1Cc1cn(C)cn1. The first kappa shape index (κ1) is 21.3. The van der Waals surface area contributed by atoms with Crippen molar-refractivity contribution >= 4 is 32.5 Å². The first-order chi connectivity index (χ1) is 17.0. The molecule has 0 N–H and O–H groups in total. The van der Waals surface area contributed by atoms with Crippen molar-refractivity contribution in [1.29, 1.82) is 0 Å². The highest BCUT2D eigenvalue weighted by molar-refractivity contribution is 7.20. The Morgan fingerprint density at radius 1 is 0.971 bits per heavy atom. The summed E-state index contributed by atoms with van der Waals surface area (Å²) in [6.45, 7) is 2.55. The number of nitrogens with zero attached hydrogens (tertiary/aromatic N) is 6. The van der Waals surface area contributed by atoms with Crippen LogP contribution in [0.1, 0.15) is 17.0 Å². The minimum Gasteiger partial charge on any atom is -0.340 e. The van der Waals surface area contributed by atoms with Crippen LogP contribution in [0.25, 0.3) is 26.3 Å². The van der Waals surface area contributed by atoms with Crippen molar-refractivity contribution in [3.05, 3.63) is 111 Å². The van der Waals surface area contributed by atoms with Gasteiger partial charge in [0.2, 0.25) is 5.13 Å². The second-order valence-corrected chi connectivity index (χ2v) is 9.58. The zero-order valence-corrected chi connectivity index (χ0v) is 20.1. The first-order valence-corrected chi connectivity index (χ1v) is 12.0. The lowest BCUT2D eigenvalue weighted by atomic mass is 10.2. The van der Waals surface area contributed by atoms with Crippen molar-refractivity contribution in [1.82, 2.24) is 28.5 Å². The Labute approximate surface area is 203 Å². The lowest BCUT2D eigenvalue weighted by Gasteiger charge is -2.12. The molecule has 9 heteroatoms. The molecule has 0 aliphatic carbocycles. The Bertz CT molecular complexity index is 1790. The summed E-state index contributed by atoms with van der Waals surface area (Å²) in [6.07, 6.45) is 3.57. The highest BCUT2D eigenvalue weighted by Gasteiger charge is 2.22. The standard InChI is InChI=1S/C26H22N6O2S/c1-17-24-21(12-23(33)30(17)15-19-14-29(2)16-27-19)31(13-18-8-4-3-5-9-18)32(25(24)34)26-28-20-10-6-7-11-22(20)35-26/h3-12,14,16H,13,15H2,1-2H3. The van der Waals surface area contributed by atoms with E-state index in [1.807, 2.05) is 84.0 Å². The van der Waals surface area contributed by atoms with Crippen molar-refractivity contribution in [3.63, 3.8) is 0 Å². The zero-order valence-electron chi connectivity index (χ0n) is 19.3. The molecule has 0 amide bonds. The van der Waals surface area contributed by atoms with E-state index in [-0.39, 0.29) is 11.1 Å². The van der Waals surface area contributed by atoms with Gasteiger partial charge in [-0.15, -0.1) is 0 Å². The van der Waals surface area contributed by atoms with E-state index >= 15 is 0 Å². The fourth-order valence-corrected chi connectivity index (χ4v) is 5.48. The highest BCUT2D eigenvalue weighted by Crippen LogP contribution is 2.26. The summed E-state index contributed by atoms with van der Waals surface area (Å²) in [5, 5.41) is 1.09. The quantitative estimate of drug-likeness (QED) is 0.375. The van der Waals surface area contributed by atoms with E-state index in [4.69, 9.17) is 4.98 Å². The molecule has 0 unspecified atom stereocenters. The number of rotatable bonds is 5. The summed E-state index contributed by atoms with van der Waals surface area (Å²) in [5.74, 6) is 0. The van der Waals surface area contributed by atoms with Crippen LogP contribution in [0.2, 0.25) is 0 Å². The van der Waals surface area contributed by atoms with Gasteiger partial charge in [0.15, 0.2) is 0 Å². The predicted octanol–water partition coefficient (Wildman–Crippen LogP) is 3.70. The molecule has 6 aromatic rings. The van der Waals surface area contributed by atoms with Crippen LogP contribution in [0, 0.1) is 6.92 Å². The number of para-hydroxylation sites is 1. The lowest BCUT2D eigenvalue weighted by molar-refractivity contribution is 0.610. The maximum absolute atomic E-state index is 13.9. The van der Waals surface area contributed by atoms with Crippen LogP contribution in [0.3, 0.4) is 0 Å². The maximum Gasteiger partial charge on any atom is 0.283 e. The minimum absolute atomic E-state index is 0.177. The molecule has 0 saturated carbocycles. The van der Waals surface area contributed by atoms with E-state index in [9.17, 15) is 9.59 Å². The number of fused-ring (bicyclic) bond motifs is 2. The minimum atomic E-state index is -0.192. The van der Waals surface area contributed by atoms with Crippen molar-refractivity contribution in [3.8, 4) is 5.13 Å².